The van der Waals surface area contributed by atoms with Gasteiger partial charge < -0.3 is 10.2 Å². The fourth-order valence-electron chi connectivity index (χ4n) is 3.37. The molecule has 0 aliphatic heterocycles. The SMILES string of the molecule is CCCCNC(=O)[C@H](C)N(Cc1ccccc1)C(=O)CN(c1cc(C(F)(F)F)ccc1Cl)S(C)(=O)=O. The topological polar surface area (TPSA) is 86.8 Å². The van der Waals surface area contributed by atoms with Gasteiger partial charge in [-0.1, -0.05) is 55.3 Å². The summed E-state index contributed by atoms with van der Waals surface area (Å²) in [4.78, 5) is 27.3. The predicted octanol–water partition coefficient (Wildman–Crippen LogP) is 4.46. The van der Waals surface area contributed by atoms with E-state index in [0.29, 0.717) is 22.5 Å². The second-order valence-electron chi connectivity index (χ2n) is 8.26. The first-order chi connectivity index (χ1) is 16.8. The van der Waals surface area contributed by atoms with Crippen LogP contribution < -0.4 is 9.62 Å². The Morgan fingerprint density at radius 1 is 1.11 bits per heavy atom. The van der Waals surface area contributed by atoms with Crippen molar-refractivity contribution in [2.45, 2.75) is 45.5 Å². The number of carbonyl (C=O) groups excluding carboxylic acids is 2. The number of rotatable bonds is 11. The standard InChI is InChI=1S/C24H29ClF3N3O4S/c1-4-5-13-29-23(33)17(2)30(15-18-9-7-6-8-10-18)22(32)16-31(36(3,34)35)21-14-19(24(26,27)28)11-12-20(21)25/h6-12,14,17H,4-5,13,15-16H2,1-3H3,(H,29,33)/t17-/m0/s1. The van der Waals surface area contributed by atoms with Gasteiger partial charge in [0, 0.05) is 13.1 Å². The van der Waals surface area contributed by atoms with Gasteiger partial charge in [0.05, 0.1) is 22.5 Å². The molecule has 12 heteroatoms. The highest BCUT2D eigenvalue weighted by Gasteiger charge is 2.34. The summed E-state index contributed by atoms with van der Waals surface area (Å²) in [6.07, 6.45) is -2.40. The third kappa shape index (κ3) is 8.12. The molecule has 0 aliphatic carbocycles. The lowest BCUT2D eigenvalue weighted by atomic mass is 10.1. The van der Waals surface area contributed by atoms with Crippen molar-refractivity contribution < 1.29 is 31.2 Å². The van der Waals surface area contributed by atoms with Crippen LogP contribution in [0.1, 0.15) is 37.8 Å². The van der Waals surface area contributed by atoms with Crippen molar-refractivity contribution >= 4 is 39.1 Å². The van der Waals surface area contributed by atoms with Crippen molar-refractivity contribution in [2.75, 3.05) is 23.7 Å². The zero-order chi connectivity index (χ0) is 27.1. The van der Waals surface area contributed by atoms with Crippen LogP contribution in [0.25, 0.3) is 0 Å². The fraction of sp³-hybridized carbons (Fsp3) is 0.417. The van der Waals surface area contributed by atoms with E-state index in [2.05, 4.69) is 5.32 Å². The summed E-state index contributed by atoms with van der Waals surface area (Å²) in [6.45, 7) is 3.00. The number of sulfonamides is 1. The van der Waals surface area contributed by atoms with Crippen LogP contribution in [0.15, 0.2) is 48.5 Å². The minimum Gasteiger partial charge on any atom is -0.354 e. The quantitative estimate of drug-likeness (QED) is 0.421. The Hall–Kier alpha value is -2.79. The molecule has 36 heavy (non-hydrogen) atoms. The van der Waals surface area contributed by atoms with Gasteiger partial charge in [0.2, 0.25) is 21.8 Å². The number of hydrogen-bond donors (Lipinski definition) is 1. The maximum Gasteiger partial charge on any atom is 0.416 e. The minimum absolute atomic E-state index is 0.0179. The van der Waals surface area contributed by atoms with E-state index in [1.54, 1.807) is 30.3 Å². The Kier molecular flexibility index (Phi) is 10.2. The van der Waals surface area contributed by atoms with Crippen molar-refractivity contribution in [3.63, 3.8) is 0 Å². The van der Waals surface area contributed by atoms with E-state index in [0.717, 1.165) is 31.2 Å². The smallest absolute Gasteiger partial charge is 0.354 e. The number of amides is 2. The van der Waals surface area contributed by atoms with Gasteiger partial charge in [0.1, 0.15) is 12.6 Å². The first-order valence-corrected chi connectivity index (χ1v) is 13.4. The van der Waals surface area contributed by atoms with Crippen molar-refractivity contribution in [3.05, 3.63) is 64.7 Å². The minimum atomic E-state index is -4.75. The summed E-state index contributed by atoms with van der Waals surface area (Å²) in [6, 6.07) is 9.99. The molecule has 1 N–H and O–H groups in total. The third-order valence-electron chi connectivity index (χ3n) is 5.41. The lowest BCUT2D eigenvalue weighted by Gasteiger charge is -2.32. The van der Waals surface area contributed by atoms with Crippen LogP contribution >= 0.6 is 11.6 Å². The van der Waals surface area contributed by atoms with Crippen molar-refractivity contribution in [1.82, 2.24) is 10.2 Å². The summed E-state index contributed by atoms with van der Waals surface area (Å²) in [5.74, 6) is -1.22. The van der Waals surface area contributed by atoms with Crippen LogP contribution in [0.4, 0.5) is 18.9 Å². The molecule has 1 atom stereocenters. The first-order valence-electron chi connectivity index (χ1n) is 11.2. The van der Waals surface area contributed by atoms with Gasteiger partial charge in [-0.2, -0.15) is 13.2 Å². The maximum atomic E-state index is 13.4. The summed E-state index contributed by atoms with van der Waals surface area (Å²) in [5, 5.41) is 2.47. The van der Waals surface area contributed by atoms with Crippen molar-refractivity contribution in [3.8, 4) is 0 Å². The molecule has 0 spiro atoms. The molecule has 2 aromatic carbocycles. The number of hydrogen-bond acceptors (Lipinski definition) is 4. The molecule has 2 amide bonds. The van der Waals surface area contributed by atoms with E-state index < -0.39 is 51.9 Å². The second kappa shape index (κ2) is 12.4. The predicted molar refractivity (Wildman–Crippen MR) is 133 cm³/mol. The number of nitrogens with zero attached hydrogens (tertiary/aromatic N) is 2. The Morgan fingerprint density at radius 3 is 2.31 bits per heavy atom. The van der Waals surface area contributed by atoms with Gasteiger partial charge in [-0.05, 0) is 37.1 Å². The van der Waals surface area contributed by atoms with Gasteiger partial charge in [0.15, 0.2) is 0 Å². The number of benzene rings is 2. The van der Waals surface area contributed by atoms with E-state index in [4.69, 9.17) is 11.6 Å². The number of alkyl halides is 3. The molecule has 0 saturated heterocycles. The molecule has 198 valence electrons. The van der Waals surface area contributed by atoms with Crippen LogP contribution in [-0.4, -0.2) is 50.5 Å². The van der Waals surface area contributed by atoms with Gasteiger partial charge in [-0.25, -0.2) is 8.42 Å². The molecule has 0 unspecified atom stereocenters. The Labute approximate surface area is 214 Å². The third-order valence-corrected chi connectivity index (χ3v) is 6.86. The fourth-order valence-corrected chi connectivity index (χ4v) is 4.50. The van der Waals surface area contributed by atoms with Gasteiger partial charge in [0.25, 0.3) is 0 Å². The lowest BCUT2D eigenvalue weighted by Crippen LogP contribution is -2.51. The molecule has 2 aromatic rings. The molecule has 7 nitrogen and oxygen atoms in total. The van der Waals surface area contributed by atoms with Crippen molar-refractivity contribution in [1.29, 1.82) is 0 Å². The van der Waals surface area contributed by atoms with E-state index >= 15 is 0 Å². The molecule has 0 aliphatic rings. The number of halogens is 4. The van der Waals surface area contributed by atoms with Crippen LogP contribution in [0.3, 0.4) is 0 Å². The summed E-state index contributed by atoms with van der Waals surface area (Å²) in [7, 11) is -4.23. The van der Waals surface area contributed by atoms with Gasteiger partial charge in [-0.15, -0.1) is 0 Å². The van der Waals surface area contributed by atoms with Gasteiger partial charge in [-0.3, -0.25) is 13.9 Å². The lowest BCUT2D eigenvalue weighted by molar-refractivity contribution is -0.139. The monoisotopic (exact) mass is 547 g/mol. The number of nitrogens with one attached hydrogen (secondary N) is 1. The molecular formula is C24H29ClF3N3O4S. The summed E-state index contributed by atoms with van der Waals surface area (Å²) < 4.78 is 65.5. The molecule has 0 saturated carbocycles. The van der Waals surface area contributed by atoms with E-state index in [9.17, 15) is 31.2 Å². The maximum absolute atomic E-state index is 13.4. The van der Waals surface area contributed by atoms with Crippen LogP contribution in [-0.2, 0) is 32.3 Å². The molecule has 0 radical (unpaired) electrons. The summed E-state index contributed by atoms with van der Waals surface area (Å²) in [5.41, 5.74) is -0.920. The normalized spacial score (nSPS) is 12.6. The second-order valence-corrected chi connectivity index (χ2v) is 10.6. The van der Waals surface area contributed by atoms with Crippen LogP contribution in [0, 0.1) is 0 Å². The molecule has 0 bridgehead atoms. The zero-order valence-corrected chi connectivity index (χ0v) is 21.8. The first kappa shape index (κ1) is 29.4. The van der Waals surface area contributed by atoms with Crippen LogP contribution in [0.5, 0.6) is 0 Å². The number of carbonyl (C=O) groups is 2. The Morgan fingerprint density at radius 2 is 1.75 bits per heavy atom. The van der Waals surface area contributed by atoms with E-state index in [1.807, 2.05) is 6.92 Å². The molecule has 0 fully saturated rings. The van der Waals surface area contributed by atoms with E-state index in [1.165, 1.54) is 11.8 Å². The van der Waals surface area contributed by atoms with E-state index in [-0.39, 0.29) is 11.6 Å². The highest BCUT2D eigenvalue weighted by molar-refractivity contribution is 7.92. The van der Waals surface area contributed by atoms with Crippen molar-refractivity contribution in [2.24, 2.45) is 0 Å². The molecule has 2 rings (SSSR count). The molecular weight excluding hydrogens is 519 g/mol. The van der Waals surface area contributed by atoms with Crippen LogP contribution in [0.2, 0.25) is 5.02 Å². The molecule has 0 heterocycles. The van der Waals surface area contributed by atoms with Gasteiger partial charge >= 0.3 is 6.18 Å². The summed E-state index contributed by atoms with van der Waals surface area (Å²) >= 11 is 6.06. The zero-order valence-electron chi connectivity index (χ0n) is 20.2. The highest BCUT2D eigenvalue weighted by atomic mass is 35.5. The highest BCUT2D eigenvalue weighted by Crippen LogP contribution is 2.36. The Bertz CT molecular complexity index is 1160. The number of unbranched alkanes of at least 4 members (excludes halogenated alkanes) is 1. The molecule has 0 aromatic heterocycles. The average molecular weight is 548 g/mol. The number of anilines is 1. The average Bonchev–Trinajstić information content (AvgIpc) is 2.80. The largest absolute Gasteiger partial charge is 0.416 e. The Balaban J connectivity index is 2.44.